The Hall–Kier alpha value is -2.22. The van der Waals surface area contributed by atoms with Gasteiger partial charge in [-0.25, -0.2) is 9.64 Å². The van der Waals surface area contributed by atoms with Crippen molar-refractivity contribution in [1.82, 2.24) is 4.90 Å². The molecule has 0 saturated carbocycles. The molecule has 1 aromatic rings. The molecule has 1 amide bonds. The van der Waals surface area contributed by atoms with E-state index in [2.05, 4.69) is 9.74 Å². The lowest BCUT2D eigenvalue weighted by molar-refractivity contribution is 0.0215. The molecule has 0 aromatic heterocycles. The average molecular weight is 299 g/mol. The molecule has 116 valence electrons. The van der Waals surface area contributed by atoms with E-state index in [1.807, 2.05) is 49.9 Å². The number of likely N-dealkylation sites (tertiary alicyclic amines) is 1. The van der Waals surface area contributed by atoms with Crippen molar-refractivity contribution in [1.29, 1.82) is 0 Å². The van der Waals surface area contributed by atoms with Crippen LogP contribution in [-0.2, 0) is 4.74 Å². The van der Waals surface area contributed by atoms with E-state index >= 15 is 0 Å². The molecule has 2 aliphatic heterocycles. The van der Waals surface area contributed by atoms with E-state index in [0.29, 0.717) is 18.3 Å². The quantitative estimate of drug-likeness (QED) is 0.745. The zero-order valence-electron chi connectivity index (χ0n) is 13.2. The van der Waals surface area contributed by atoms with Crippen LogP contribution in [0.25, 0.3) is 4.85 Å². The molecule has 3 rings (SSSR count). The van der Waals surface area contributed by atoms with Crippen LogP contribution in [0.2, 0.25) is 0 Å². The van der Waals surface area contributed by atoms with Gasteiger partial charge in [0.1, 0.15) is 5.60 Å². The monoisotopic (exact) mass is 299 g/mol. The van der Waals surface area contributed by atoms with Gasteiger partial charge in [0.2, 0.25) is 0 Å². The van der Waals surface area contributed by atoms with E-state index in [4.69, 9.17) is 11.3 Å². The Kier molecular flexibility index (Phi) is 3.48. The number of anilines is 1. The van der Waals surface area contributed by atoms with Gasteiger partial charge in [0.15, 0.2) is 5.69 Å². The second kappa shape index (κ2) is 5.20. The highest BCUT2D eigenvalue weighted by molar-refractivity contribution is 5.70. The number of fused-ring (bicyclic) bond motifs is 2. The summed E-state index contributed by atoms with van der Waals surface area (Å²) in [4.78, 5) is 19.9. The number of ether oxygens (including phenoxy) is 1. The summed E-state index contributed by atoms with van der Waals surface area (Å²) >= 11 is 0. The van der Waals surface area contributed by atoms with Gasteiger partial charge in [-0.3, -0.25) is 0 Å². The van der Waals surface area contributed by atoms with Crippen molar-refractivity contribution in [3.8, 4) is 0 Å². The molecule has 2 bridgehead atoms. The predicted molar refractivity (Wildman–Crippen MR) is 85.2 cm³/mol. The number of carbonyl (C=O) groups is 1. The first-order chi connectivity index (χ1) is 10.4. The molecule has 5 nitrogen and oxygen atoms in total. The van der Waals surface area contributed by atoms with E-state index < -0.39 is 5.60 Å². The summed E-state index contributed by atoms with van der Waals surface area (Å²) in [5.74, 6) is 0. The Balaban J connectivity index is 1.69. The molecule has 0 spiro atoms. The van der Waals surface area contributed by atoms with Gasteiger partial charge in [-0.1, -0.05) is 12.1 Å². The van der Waals surface area contributed by atoms with Crippen molar-refractivity contribution in [2.24, 2.45) is 0 Å². The van der Waals surface area contributed by atoms with Gasteiger partial charge in [0.05, 0.1) is 12.6 Å². The zero-order chi connectivity index (χ0) is 15.9. The number of rotatable bonds is 1. The zero-order valence-corrected chi connectivity index (χ0v) is 13.2. The molecule has 2 aliphatic rings. The highest BCUT2D eigenvalue weighted by Crippen LogP contribution is 2.36. The van der Waals surface area contributed by atoms with Crippen molar-refractivity contribution in [2.45, 2.75) is 44.9 Å². The summed E-state index contributed by atoms with van der Waals surface area (Å²) < 4.78 is 5.48. The lowest BCUT2D eigenvalue weighted by Crippen LogP contribution is -2.50. The largest absolute Gasteiger partial charge is 0.444 e. The van der Waals surface area contributed by atoms with Crippen LogP contribution in [0.5, 0.6) is 0 Å². The third kappa shape index (κ3) is 2.74. The Morgan fingerprint density at radius 3 is 2.68 bits per heavy atom. The van der Waals surface area contributed by atoms with E-state index in [0.717, 1.165) is 18.7 Å². The Morgan fingerprint density at radius 2 is 2.09 bits per heavy atom. The molecule has 2 atom stereocenters. The standard InChI is InChI=1S/C17H21N3O2/c1-17(2,3)22-16(21)20-11-14-9-15(20)10-19(14)13-7-5-6-12(8-13)18-4/h5-8,14-15H,9-11H2,1-3H3/t14-,15-/m0/s1. The van der Waals surface area contributed by atoms with Crippen LogP contribution in [0.15, 0.2) is 24.3 Å². The van der Waals surface area contributed by atoms with Gasteiger partial charge < -0.3 is 14.5 Å². The highest BCUT2D eigenvalue weighted by atomic mass is 16.6. The SMILES string of the molecule is [C-]#[N+]c1cccc(N2C[C@@H]3C[C@H]2CN3C(=O)OC(C)(C)C)c1. The summed E-state index contributed by atoms with van der Waals surface area (Å²) in [5.41, 5.74) is 1.27. The van der Waals surface area contributed by atoms with E-state index in [9.17, 15) is 4.79 Å². The van der Waals surface area contributed by atoms with E-state index in [1.54, 1.807) is 0 Å². The number of amides is 1. The summed E-state index contributed by atoms with van der Waals surface area (Å²) in [5, 5.41) is 0. The molecule has 1 aromatic carbocycles. The molecule has 0 aliphatic carbocycles. The van der Waals surface area contributed by atoms with E-state index in [-0.39, 0.29) is 12.1 Å². The van der Waals surface area contributed by atoms with Crippen LogP contribution >= 0.6 is 0 Å². The van der Waals surface area contributed by atoms with Crippen molar-refractivity contribution in [2.75, 3.05) is 18.0 Å². The van der Waals surface area contributed by atoms with Crippen molar-refractivity contribution in [3.05, 3.63) is 35.7 Å². The summed E-state index contributed by atoms with van der Waals surface area (Å²) in [6.07, 6.45) is 0.760. The third-order valence-corrected chi connectivity index (χ3v) is 4.16. The van der Waals surface area contributed by atoms with Crippen LogP contribution in [0.4, 0.5) is 16.2 Å². The van der Waals surface area contributed by atoms with Gasteiger partial charge in [-0.15, -0.1) is 0 Å². The lowest BCUT2D eigenvalue weighted by atomic mass is 10.2. The Labute approximate surface area is 131 Å². The van der Waals surface area contributed by atoms with Crippen LogP contribution in [0.1, 0.15) is 27.2 Å². The molecule has 2 heterocycles. The lowest BCUT2D eigenvalue weighted by Gasteiger charge is -2.36. The first-order valence-corrected chi connectivity index (χ1v) is 7.61. The second-order valence-electron chi connectivity index (χ2n) is 6.96. The second-order valence-corrected chi connectivity index (χ2v) is 6.96. The van der Waals surface area contributed by atoms with Crippen LogP contribution in [-0.4, -0.2) is 41.8 Å². The minimum atomic E-state index is -0.456. The maximum absolute atomic E-state index is 12.2. The van der Waals surface area contributed by atoms with Crippen LogP contribution < -0.4 is 4.90 Å². The van der Waals surface area contributed by atoms with Gasteiger partial charge in [-0.05, 0) is 39.3 Å². The summed E-state index contributed by atoms with van der Waals surface area (Å²) in [7, 11) is 0. The average Bonchev–Trinajstić information content (AvgIpc) is 3.05. The maximum Gasteiger partial charge on any atom is 0.410 e. The number of benzene rings is 1. The Morgan fingerprint density at radius 1 is 1.32 bits per heavy atom. The number of hydrogen-bond acceptors (Lipinski definition) is 3. The molecular weight excluding hydrogens is 278 g/mol. The molecule has 22 heavy (non-hydrogen) atoms. The number of hydrogen-bond donors (Lipinski definition) is 0. The molecule has 5 heteroatoms. The van der Waals surface area contributed by atoms with Gasteiger partial charge in [-0.2, -0.15) is 0 Å². The number of piperazine rings is 1. The molecule has 0 radical (unpaired) electrons. The normalized spacial score (nSPS) is 23.5. The summed E-state index contributed by atoms with van der Waals surface area (Å²) in [6.45, 7) is 14.3. The molecule has 0 N–H and O–H groups in total. The van der Waals surface area contributed by atoms with Crippen molar-refractivity contribution >= 4 is 17.5 Å². The van der Waals surface area contributed by atoms with Crippen LogP contribution in [0.3, 0.4) is 0 Å². The van der Waals surface area contributed by atoms with Crippen molar-refractivity contribution in [3.63, 3.8) is 0 Å². The molecule has 2 saturated heterocycles. The van der Waals surface area contributed by atoms with Gasteiger partial charge in [0.25, 0.3) is 0 Å². The van der Waals surface area contributed by atoms with Crippen LogP contribution in [0, 0.1) is 6.57 Å². The smallest absolute Gasteiger partial charge is 0.410 e. The summed E-state index contributed by atoms with van der Waals surface area (Å²) in [6, 6.07) is 8.21. The molecule has 2 fully saturated rings. The molecule has 0 unspecified atom stereocenters. The highest BCUT2D eigenvalue weighted by Gasteiger charge is 2.46. The maximum atomic E-state index is 12.2. The number of nitrogens with zero attached hydrogens (tertiary/aromatic N) is 3. The minimum absolute atomic E-state index is 0.205. The van der Waals surface area contributed by atoms with Gasteiger partial charge >= 0.3 is 6.09 Å². The fraction of sp³-hybridized carbons (Fsp3) is 0.529. The fourth-order valence-corrected chi connectivity index (χ4v) is 3.27. The minimum Gasteiger partial charge on any atom is -0.444 e. The number of carbonyl (C=O) groups excluding carboxylic acids is 1. The van der Waals surface area contributed by atoms with Crippen molar-refractivity contribution < 1.29 is 9.53 Å². The Bertz CT molecular complexity index is 630. The first-order valence-electron chi connectivity index (χ1n) is 7.61. The predicted octanol–water partition coefficient (Wildman–Crippen LogP) is 3.44. The first kappa shape index (κ1) is 14.7. The van der Waals surface area contributed by atoms with E-state index in [1.165, 1.54) is 0 Å². The third-order valence-electron chi connectivity index (χ3n) is 4.16. The fourth-order valence-electron chi connectivity index (χ4n) is 3.27. The molecular formula is C17H21N3O2. The topological polar surface area (TPSA) is 37.1 Å². The van der Waals surface area contributed by atoms with Gasteiger partial charge in [0, 0.05) is 24.8 Å².